The van der Waals surface area contributed by atoms with Gasteiger partial charge in [-0.1, -0.05) is 127 Å². The summed E-state index contributed by atoms with van der Waals surface area (Å²) in [5.41, 5.74) is 5.09. The molecule has 1 aliphatic heterocycles. The van der Waals surface area contributed by atoms with Gasteiger partial charge in [0, 0.05) is 53.2 Å². The first kappa shape index (κ1) is 33.4. The molecule has 1 aliphatic rings. The lowest BCUT2D eigenvalue weighted by molar-refractivity contribution is -0.119. The third kappa shape index (κ3) is 5.58. The summed E-state index contributed by atoms with van der Waals surface area (Å²) in [6, 6.07) is 54.3. The number of carbonyl (C=O) groups excluding carboxylic acids is 3. The Labute approximate surface area is 308 Å². The molecule has 0 saturated carbocycles. The van der Waals surface area contributed by atoms with Crippen molar-refractivity contribution in [3.63, 3.8) is 0 Å². The number of aromatic nitrogens is 1. The number of hydrogen-bond acceptors (Lipinski definition) is 4. The Morgan fingerprint density at radius 2 is 1.06 bits per heavy atom. The maximum atomic E-state index is 15.7. The molecule has 0 aliphatic carbocycles. The number of likely N-dealkylation sites (N-methyl/N-ethyl adjacent to an activating group) is 2. The van der Waals surface area contributed by atoms with E-state index < -0.39 is 5.54 Å². The fraction of sp³-hybridized carbons (Fsp3) is 0.109. The van der Waals surface area contributed by atoms with Gasteiger partial charge in [-0.25, -0.2) is 0 Å². The monoisotopic (exact) mass is 694 g/mol. The van der Waals surface area contributed by atoms with E-state index in [4.69, 9.17) is 0 Å². The molecule has 7 aromatic rings. The predicted molar refractivity (Wildman–Crippen MR) is 212 cm³/mol. The molecule has 0 saturated heterocycles. The van der Waals surface area contributed by atoms with Gasteiger partial charge in [-0.2, -0.15) is 0 Å². The van der Waals surface area contributed by atoms with Crippen LogP contribution >= 0.6 is 0 Å². The number of rotatable bonds is 9. The lowest BCUT2D eigenvalue weighted by Gasteiger charge is -2.40. The van der Waals surface area contributed by atoms with Crippen molar-refractivity contribution >= 4 is 45.6 Å². The second-order valence-electron chi connectivity index (χ2n) is 13.3. The smallest absolute Gasteiger partial charge is 0.246 e. The molecular weight excluding hydrogens is 657 g/mol. The summed E-state index contributed by atoms with van der Waals surface area (Å²) in [6.45, 7) is -0.0791. The van der Waals surface area contributed by atoms with E-state index in [0.29, 0.717) is 11.3 Å². The molecule has 2 amide bonds. The minimum atomic E-state index is -1.48. The van der Waals surface area contributed by atoms with E-state index in [-0.39, 0.29) is 30.7 Å². The molecule has 1 aromatic heterocycles. The van der Waals surface area contributed by atoms with E-state index in [1.54, 1.807) is 23.9 Å². The first-order chi connectivity index (χ1) is 25.9. The highest BCUT2D eigenvalue weighted by atomic mass is 16.2. The molecule has 2 heterocycles. The number of anilines is 3. The second-order valence-corrected chi connectivity index (χ2v) is 13.3. The van der Waals surface area contributed by atoms with Crippen molar-refractivity contribution in [3.8, 4) is 11.3 Å². The third-order valence-electron chi connectivity index (χ3n) is 10.4. The van der Waals surface area contributed by atoms with Crippen LogP contribution in [0.25, 0.3) is 22.2 Å². The third-order valence-corrected chi connectivity index (χ3v) is 10.4. The fourth-order valence-corrected chi connectivity index (χ4v) is 7.77. The van der Waals surface area contributed by atoms with E-state index in [2.05, 4.69) is 0 Å². The van der Waals surface area contributed by atoms with Gasteiger partial charge in [-0.3, -0.25) is 14.4 Å². The normalized spacial score (nSPS) is 15.0. The number of Topliss-reactive ketones (excluding diaryl/α,β-unsaturated/α-hetero) is 1. The van der Waals surface area contributed by atoms with Crippen molar-refractivity contribution in [2.75, 3.05) is 35.3 Å². The molecule has 0 spiro atoms. The van der Waals surface area contributed by atoms with Crippen molar-refractivity contribution in [2.24, 2.45) is 0 Å². The largest absolute Gasteiger partial charge is 0.341 e. The summed E-state index contributed by atoms with van der Waals surface area (Å²) in [6.07, 6.45) is 0. The van der Waals surface area contributed by atoms with Crippen LogP contribution < -0.4 is 14.7 Å². The van der Waals surface area contributed by atoms with Gasteiger partial charge >= 0.3 is 0 Å². The van der Waals surface area contributed by atoms with Gasteiger partial charge in [-0.15, -0.1) is 0 Å². The minimum absolute atomic E-state index is 0.0117. The summed E-state index contributed by atoms with van der Waals surface area (Å²) in [5.74, 6) is -0.431. The Balaban J connectivity index is 1.42. The molecule has 260 valence electrons. The molecule has 8 rings (SSSR count). The number of benzene rings is 6. The van der Waals surface area contributed by atoms with Crippen LogP contribution in [0.4, 0.5) is 17.1 Å². The number of nitrogens with zero attached hydrogens (tertiary/aromatic N) is 4. The topological polar surface area (TPSA) is 65.9 Å². The zero-order chi connectivity index (χ0) is 36.5. The molecular formula is C46H38N4O3. The summed E-state index contributed by atoms with van der Waals surface area (Å²) in [7, 11) is 3.55. The highest BCUT2D eigenvalue weighted by Gasteiger charge is 2.57. The van der Waals surface area contributed by atoms with Crippen molar-refractivity contribution < 1.29 is 14.4 Å². The van der Waals surface area contributed by atoms with Crippen molar-refractivity contribution in [2.45, 2.75) is 12.1 Å². The summed E-state index contributed by atoms with van der Waals surface area (Å²) < 4.78 is 2.04. The molecule has 7 heteroatoms. The van der Waals surface area contributed by atoms with Gasteiger partial charge in [0.05, 0.1) is 12.2 Å². The number of ketones is 1. The zero-order valence-electron chi connectivity index (χ0n) is 29.6. The van der Waals surface area contributed by atoms with Gasteiger partial charge in [-0.05, 0) is 53.6 Å². The summed E-state index contributed by atoms with van der Waals surface area (Å²) >= 11 is 0. The molecule has 0 fully saturated rings. The Morgan fingerprint density at radius 1 is 0.566 bits per heavy atom. The second kappa shape index (κ2) is 13.8. The summed E-state index contributed by atoms with van der Waals surface area (Å²) in [4.78, 5) is 49.7. The zero-order valence-corrected chi connectivity index (χ0v) is 29.6. The number of hydrogen-bond donors (Lipinski definition) is 0. The Hall–Kier alpha value is -6.73. The lowest BCUT2D eigenvalue weighted by Crippen LogP contribution is -2.52. The van der Waals surface area contributed by atoms with Crippen LogP contribution in [0.3, 0.4) is 0 Å². The first-order valence-corrected chi connectivity index (χ1v) is 17.7. The minimum Gasteiger partial charge on any atom is -0.341 e. The molecule has 1 unspecified atom stereocenters. The van der Waals surface area contributed by atoms with Crippen LogP contribution in [0.15, 0.2) is 170 Å². The van der Waals surface area contributed by atoms with Crippen molar-refractivity contribution in [1.29, 1.82) is 0 Å². The Morgan fingerprint density at radius 3 is 1.68 bits per heavy atom. The van der Waals surface area contributed by atoms with Crippen LogP contribution in [0.2, 0.25) is 0 Å². The van der Waals surface area contributed by atoms with E-state index in [0.717, 1.165) is 44.7 Å². The van der Waals surface area contributed by atoms with Crippen molar-refractivity contribution in [1.82, 2.24) is 4.57 Å². The number of carbonyl (C=O) groups is 3. The molecule has 0 N–H and O–H groups in total. The van der Waals surface area contributed by atoms with E-state index >= 15 is 4.79 Å². The van der Waals surface area contributed by atoms with E-state index in [9.17, 15) is 9.59 Å². The van der Waals surface area contributed by atoms with Crippen LogP contribution in [0, 0.1) is 0 Å². The Bertz CT molecular complexity index is 2450. The molecule has 0 radical (unpaired) electrons. The lowest BCUT2D eigenvalue weighted by atomic mass is 9.76. The van der Waals surface area contributed by atoms with Gasteiger partial charge in [0.15, 0.2) is 11.3 Å². The quantitative estimate of drug-likeness (QED) is 0.152. The van der Waals surface area contributed by atoms with Crippen LogP contribution in [-0.2, 0) is 21.7 Å². The highest BCUT2D eigenvalue weighted by molar-refractivity contribution is 6.20. The first-order valence-electron chi connectivity index (χ1n) is 17.7. The van der Waals surface area contributed by atoms with Crippen molar-refractivity contribution in [3.05, 3.63) is 187 Å². The van der Waals surface area contributed by atoms with E-state index in [1.807, 2.05) is 179 Å². The van der Waals surface area contributed by atoms with Crippen LogP contribution in [0.5, 0.6) is 0 Å². The molecule has 1 atom stereocenters. The number of fused-ring (bicyclic) bond motifs is 2. The van der Waals surface area contributed by atoms with Crippen LogP contribution in [-0.4, -0.2) is 42.8 Å². The number of amides is 2. The van der Waals surface area contributed by atoms with Gasteiger partial charge in [0.2, 0.25) is 11.8 Å². The highest BCUT2D eigenvalue weighted by Crippen LogP contribution is 2.54. The molecule has 53 heavy (non-hydrogen) atoms. The summed E-state index contributed by atoms with van der Waals surface area (Å²) in [5, 5.41) is 0.820. The fourth-order valence-electron chi connectivity index (χ4n) is 7.77. The average Bonchev–Trinajstić information content (AvgIpc) is 3.67. The standard InChI is InChI=1S/C46H38N4O3/c1-47(35-23-11-5-12-24-35)41(51)31-49-39-29-17-15-27-37(39)43(44(49)33-19-7-3-8-20-33)46(34-21-9-4-10-22-34)45(53)38-28-16-18-30-40(38)50(46)32-42(52)48(2)36-25-13-6-14-26-36/h3-30H,31-32H2,1-2H3. The maximum Gasteiger partial charge on any atom is 0.246 e. The average molecular weight is 695 g/mol. The van der Waals surface area contributed by atoms with Crippen LogP contribution in [0.1, 0.15) is 21.5 Å². The molecule has 6 aromatic carbocycles. The molecule has 0 bridgehead atoms. The number of para-hydroxylation sites is 4. The van der Waals surface area contributed by atoms with Gasteiger partial charge in [0.1, 0.15) is 6.54 Å². The predicted octanol–water partition coefficient (Wildman–Crippen LogP) is 8.58. The maximum absolute atomic E-state index is 15.7. The SMILES string of the molecule is CN(C(=O)CN1c2ccccc2C(=O)C1(c1ccccc1)c1c(-c2ccccc2)n(CC(=O)N(C)c2ccccc2)c2ccccc12)c1ccccc1. The van der Waals surface area contributed by atoms with E-state index in [1.165, 1.54) is 0 Å². The van der Waals surface area contributed by atoms with Gasteiger partial charge in [0.25, 0.3) is 0 Å². The molecule has 7 nitrogen and oxygen atoms in total. The van der Waals surface area contributed by atoms with Gasteiger partial charge < -0.3 is 19.3 Å². The Kier molecular flexibility index (Phi) is 8.68.